The highest BCUT2D eigenvalue weighted by Gasteiger charge is 2.34. The molecule has 2 unspecified atom stereocenters. The Morgan fingerprint density at radius 2 is 1.72 bits per heavy atom. The second-order valence-electron chi connectivity index (χ2n) is 7.77. The first-order valence-electron chi connectivity index (χ1n) is 10.0. The van der Waals surface area contributed by atoms with Crippen LogP contribution < -0.4 is 15.4 Å². The van der Waals surface area contributed by atoms with E-state index in [1.165, 1.54) is 0 Å². The zero-order valence-electron chi connectivity index (χ0n) is 17.2. The normalized spacial score (nSPS) is 19.0. The first-order valence-corrected chi connectivity index (χ1v) is 10.0. The second-order valence-corrected chi connectivity index (χ2v) is 7.77. The number of carbonyl (C=O) groups is 2. The van der Waals surface area contributed by atoms with Gasteiger partial charge in [0.25, 0.3) is 0 Å². The molecule has 1 aliphatic heterocycles. The molecule has 6 heteroatoms. The van der Waals surface area contributed by atoms with Crippen LogP contribution in [0.25, 0.3) is 0 Å². The van der Waals surface area contributed by atoms with Gasteiger partial charge >= 0.3 is 6.03 Å². The van der Waals surface area contributed by atoms with Crippen molar-refractivity contribution in [2.45, 2.75) is 32.2 Å². The molecular weight excluding hydrogens is 366 g/mol. The molecule has 6 nitrogen and oxygen atoms in total. The van der Waals surface area contributed by atoms with Gasteiger partial charge in [0.15, 0.2) is 0 Å². The van der Waals surface area contributed by atoms with Crippen LogP contribution in [0.5, 0.6) is 5.75 Å². The van der Waals surface area contributed by atoms with Crippen LogP contribution in [0.3, 0.4) is 0 Å². The maximum atomic E-state index is 13.0. The van der Waals surface area contributed by atoms with Crippen molar-refractivity contribution in [3.63, 3.8) is 0 Å². The van der Waals surface area contributed by atoms with Crippen LogP contribution in [0.4, 0.5) is 10.5 Å². The molecule has 2 atom stereocenters. The van der Waals surface area contributed by atoms with Crippen molar-refractivity contribution in [2.75, 3.05) is 25.5 Å². The zero-order valence-corrected chi connectivity index (χ0v) is 17.2. The quantitative estimate of drug-likeness (QED) is 0.808. The molecule has 0 spiro atoms. The number of nitrogens with zero attached hydrogens (tertiary/aromatic N) is 1. The number of nitrogens with one attached hydrogen (secondary N) is 2. The van der Waals surface area contributed by atoms with Crippen LogP contribution in [-0.2, 0) is 4.79 Å². The molecule has 1 aliphatic rings. The van der Waals surface area contributed by atoms with Crippen LogP contribution in [0, 0.1) is 5.92 Å². The molecule has 1 fully saturated rings. The van der Waals surface area contributed by atoms with Gasteiger partial charge in [0, 0.05) is 30.7 Å². The number of rotatable bonds is 5. The molecule has 154 valence electrons. The van der Waals surface area contributed by atoms with Crippen molar-refractivity contribution < 1.29 is 14.3 Å². The summed E-state index contributed by atoms with van der Waals surface area (Å²) in [6.07, 6.45) is 0.706. The van der Waals surface area contributed by atoms with E-state index in [0.29, 0.717) is 19.5 Å². The number of likely N-dealkylation sites (tertiary alicyclic amines) is 1. The summed E-state index contributed by atoms with van der Waals surface area (Å²) in [7, 11) is 1.61. The highest BCUT2D eigenvalue weighted by Crippen LogP contribution is 2.31. The Bertz CT molecular complexity index is 821. The molecule has 3 amide bonds. The summed E-state index contributed by atoms with van der Waals surface area (Å²) in [6, 6.07) is 17.3. The third-order valence-corrected chi connectivity index (χ3v) is 5.15. The molecule has 0 radical (unpaired) electrons. The van der Waals surface area contributed by atoms with E-state index < -0.39 is 0 Å². The van der Waals surface area contributed by atoms with Gasteiger partial charge in [0.05, 0.1) is 13.0 Å². The monoisotopic (exact) mass is 395 g/mol. The molecule has 0 aliphatic carbocycles. The number of urea groups is 1. The van der Waals surface area contributed by atoms with Gasteiger partial charge in [-0.25, -0.2) is 4.79 Å². The Morgan fingerprint density at radius 1 is 1.03 bits per heavy atom. The molecule has 3 rings (SSSR count). The Labute approximate surface area is 172 Å². The Hall–Kier alpha value is -3.02. The Balaban J connectivity index is 1.75. The predicted molar refractivity (Wildman–Crippen MR) is 114 cm³/mol. The topological polar surface area (TPSA) is 70.7 Å². The second kappa shape index (κ2) is 9.45. The molecule has 0 bridgehead atoms. The minimum atomic E-state index is -0.283. The maximum absolute atomic E-state index is 13.0. The predicted octanol–water partition coefficient (Wildman–Crippen LogP) is 3.86. The van der Waals surface area contributed by atoms with Crippen molar-refractivity contribution in [2.24, 2.45) is 5.92 Å². The number of piperidine rings is 1. The number of hydrogen-bond acceptors (Lipinski definition) is 3. The highest BCUT2D eigenvalue weighted by atomic mass is 16.5. The number of amides is 3. The zero-order chi connectivity index (χ0) is 20.8. The van der Waals surface area contributed by atoms with Crippen LogP contribution >= 0.6 is 0 Å². The summed E-state index contributed by atoms with van der Waals surface area (Å²) in [5.41, 5.74) is 1.87. The Morgan fingerprint density at radius 3 is 2.34 bits per heavy atom. The standard InChI is InChI=1S/C23H29N3O3/c1-16(2)24-23(28)26-14-18(17-7-5-4-6-8-17)13-19(15-26)22(27)25-20-9-11-21(29-3)12-10-20/h4-12,16,18-19H,13-15H2,1-3H3,(H,24,28)(H,25,27). The van der Waals surface area contributed by atoms with E-state index >= 15 is 0 Å². The molecular formula is C23H29N3O3. The fourth-order valence-electron chi connectivity index (χ4n) is 3.68. The summed E-state index contributed by atoms with van der Waals surface area (Å²) >= 11 is 0. The molecule has 1 heterocycles. The lowest BCUT2D eigenvalue weighted by atomic mass is 9.84. The summed E-state index contributed by atoms with van der Waals surface area (Å²) in [5.74, 6) is 0.503. The number of benzene rings is 2. The molecule has 0 aromatic heterocycles. The summed E-state index contributed by atoms with van der Waals surface area (Å²) < 4.78 is 5.16. The SMILES string of the molecule is COc1ccc(NC(=O)C2CC(c3ccccc3)CN(C(=O)NC(C)C)C2)cc1. The van der Waals surface area contributed by atoms with Gasteiger partial charge in [0.2, 0.25) is 5.91 Å². The van der Waals surface area contributed by atoms with Crippen LogP contribution in [0.15, 0.2) is 54.6 Å². The summed E-state index contributed by atoms with van der Waals surface area (Å²) in [5, 5.41) is 5.93. The van der Waals surface area contributed by atoms with Gasteiger partial charge in [-0.3, -0.25) is 4.79 Å². The van der Waals surface area contributed by atoms with Crippen molar-refractivity contribution in [3.05, 3.63) is 60.2 Å². The molecule has 29 heavy (non-hydrogen) atoms. The minimum absolute atomic E-state index is 0.0474. The average Bonchev–Trinajstić information content (AvgIpc) is 2.74. The number of carbonyl (C=O) groups excluding carboxylic acids is 2. The first-order chi connectivity index (χ1) is 14.0. The van der Waals surface area contributed by atoms with E-state index in [0.717, 1.165) is 17.0 Å². The third kappa shape index (κ3) is 5.50. The lowest BCUT2D eigenvalue weighted by Gasteiger charge is -2.37. The fraction of sp³-hybridized carbons (Fsp3) is 0.391. The van der Waals surface area contributed by atoms with Crippen LogP contribution in [0.1, 0.15) is 31.7 Å². The van der Waals surface area contributed by atoms with Gasteiger partial charge < -0.3 is 20.3 Å². The van der Waals surface area contributed by atoms with Crippen LogP contribution in [-0.4, -0.2) is 43.1 Å². The molecule has 2 N–H and O–H groups in total. The van der Waals surface area contributed by atoms with Crippen molar-refractivity contribution in [1.82, 2.24) is 10.2 Å². The largest absolute Gasteiger partial charge is 0.497 e. The van der Waals surface area contributed by atoms with E-state index in [2.05, 4.69) is 22.8 Å². The minimum Gasteiger partial charge on any atom is -0.497 e. The van der Waals surface area contributed by atoms with Crippen molar-refractivity contribution in [3.8, 4) is 5.75 Å². The average molecular weight is 396 g/mol. The Kier molecular flexibility index (Phi) is 6.75. The van der Waals surface area contributed by atoms with Gasteiger partial charge in [-0.05, 0) is 50.1 Å². The number of hydrogen-bond donors (Lipinski definition) is 2. The summed E-state index contributed by atoms with van der Waals surface area (Å²) in [6.45, 7) is 4.88. The van der Waals surface area contributed by atoms with Gasteiger partial charge in [0.1, 0.15) is 5.75 Å². The van der Waals surface area contributed by atoms with E-state index in [9.17, 15) is 9.59 Å². The number of ether oxygens (including phenoxy) is 1. The lowest BCUT2D eigenvalue weighted by Crippen LogP contribution is -2.51. The third-order valence-electron chi connectivity index (χ3n) is 5.15. The van der Waals surface area contributed by atoms with Crippen LogP contribution in [0.2, 0.25) is 0 Å². The van der Waals surface area contributed by atoms with E-state index in [4.69, 9.17) is 4.74 Å². The molecule has 2 aromatic rings. The maximum Gasteiger partial charge on any atom is 0.317 e. The van der Waals surface area contributed by atoms with Gasteiger partial charge in [-0.15, -0.1) is 0 Å². The van der Waals surface area contributed by atoms with Gasteiger partial charge in [-0.2, -0.15) is 0 Å². The number of anilines is 1. The van der Waals surface area contributed by atoms with E-state index in [1.807, 2.05) is 56.3 Å². The summed E-state index contributed by atoms with van der Waals surface area (Å²) in [4.78, 5) is 27.4. The van der Waals surface area contributed by atoms with Gasteiger partial charge in [-0.1, -0.05) is 30.3 Å². The smallest absolute Gasteiger partial charge is 0.317 e. The van der Waals surface area contributed by atoms with E-state index in [-0.39, 0.29) is 29.8 Å². The van der Waals surface area contributed by atoms with E-state index in [1.54, 1.807) is 12.0 Å². The highest BCUT2D eigenvalue weighted by molar-refractivity contribution is 5.93. The number of methoxy groups -OCH3 is 1. The molecule has 0 saturated carbocycles. The lowest BCUT2D eigenvalue weighted by molar-refractivity contribution is -0.121. The molecule has 1 saturated heterocycles. The fourth-order valence-corrected chi connectivity index (χ4v) is 3.68. The van der Waals surface area contributed by atoms with Crippen molar-refractivity contribution in [1.29, 1.82) is 0 Å². The molecule has 2 aromatic carbocycles. The first kappa shape index (κ1) is 20.7. The van der Waals surface area contributed by atoms with Crippen molar-refractivity contribution >= 4 is 17.6 Å².